The largest absolute Gasteiger partial charge is 0.481 e. The molecule has 3 N–H and O–H groups in total. The van der Waals surface area contributed by atoms with E-state index in [0.717, 1.165) is 0 Å². The molecule has 0 radical (unpaired) electrons. The molecule has 0 unspecified atom stereocenters. The lowest BCUT2D eigenvalue weighted by atomic mass is 10.1. The summed E-state index contributed by atoms with van der Waals surface area (Å²) < 4.78 is 5.07. The summed E-state index contributed by atoms with van der Waals surface area (Å²) in [6, 6.07) is -1.25. The maximum absolute atomic E-state index is 11.6. The fourth-order valence-corrected chi connectivity index (χ4v) is 1.58. The van der Waals surface area contributed by atoms with Gasteiger partial charge < -0.3 is 20.3 Å². The third-order valence-electron chi connectivity index (χ3n) is 2.48. The minimum Gasteiger partial charge on any atom is -0.481 e. The summed E-state index contributed by atoms with van der Waals surface area (Å²) in [6.07, 6.45) is -0.294. The molecule has 0 aliphatic carbocycles. The Morgan fingerprint density at radius 3 is 2.09 bits per heavy atom. The van der Waals surface area contributed by atoms with Crippen LogP contribution in [0.4, 0.5) is 0 Å². The summed E-state index contributed by atoms with van der Waals surface area (Å²) >= 11 is 0. The smallest absolute Gasteiger partial charge is 0.326 e. The van der Waals surface area contributed by atoms with Crippen molar-refractivity contribution < 1.29 is 34.1 Å². The van der Waals surface area contributed by atoms with Crippen molar-refractivity contribution in [3.05, 3.63) is 0 Å². The van der Waals surface area contributed by atoms with Crippen molar-refractivity contribution in [2.75, 3.05) is 0 Å². The number of aliphatic carboxylic acids is 2. The molecule has 0 aromatic rings. The van der Waals surface area contributed by atoms with Gasteiger partial charge in [-0.05, 0) is 33.6 Å². The lowest BCUT2D eigenvalue weighted by Gasteiger charge is -2.19. The van der Waals surface area contributed by atoms with Crippen LogP contribution in [0.1, 0.15) is 52.9 Å². The van der Waals surface area contributed by atoms with E-state index in [4.69, 9.17) is 14.9 Å². The quantitative estimate of drug-likeness (QED) is 0.539. The number of carboxylic acids is 2. The molecule has 0 aromatic heterocycles. The number of carbonyl (C=O) groups excluding carboxylic acids is 2. The molecule has 1 amide bonds. The van der Waals surface area contributed by atoms with Crippen LogP contribution in [0, 0.1) is 0 Å². The van der Waals surface area contributed by atoms with E-state index in [0.29, 0.717) is 0 Å². The molecule has 0 aromatic carbocycles. The highest BCUT2D eigenvalue weighted by molar-refractivity contribution is 5.84. The monoisotopic (exact) mass is 317 g/mol. The predicted octanol–water partition coefficient (Wildman–Crippen LogP) is 0.933. The molecule has 8 nitrogen and oxygen atoms in total. The fourth-order valence-electron chi connectivity index (χ4n) is 1.58. The molecule has 0 saturated heterocycles. The number of hydrogen-bond acceptors (Lipinski definition) is 5. The normalized spacial score (nSPS) is 12.3. The van der Waals surface area contributed by atoms with E-state index >= 15 is 0 Å². The Kier molecular flexibility index (Phi) is 8.14. The van der Waals surface area contributed by atoms with Crippen LogP contribution in [-0.4, -0.2) is 45.7 Å². The molecule has 0 aliphatic heterocycles. The molecular weight excluding hydrogens is 294 g/mol. The number of esters is 1. The van der Waals surface area contributed by atoms with Crippen LogP contribution in [0.3, 0.4) is 0 Å². The van der Waals surface area contributed by atoms with Crippen molar-refractivity contribution >= 4 is 23.8 Å². The average Bonchev–Trinajstić information content (AvgIpc) is 2.31. The van der Waals surface area contributed by atoms with Crippen LogP contribution < -0.4 is 5.32 Å². The maximum Gasteiger partial charge on any atom is 0.326 e. The van der Waals surface area contributed by atoms with Crippen molar-refractivity contribution in [1.29, 1.82) is 0 Å². The second kappa shape index (κ2) is 9.01. The second-order valence-corrected chi connectivity index (χ2v) is 5.83. The number of ether oxygens (including phenoxy) is 1. The third-order valence-corrected chi connectivity index (χ3v) is 2.48. The molecule has 22 heavy (non-hydrogen) atoms. The maximum atomic E-state index is 11.6. The van der Waals surface area contributed by atoms with Gasteiger partial charge in [0.2, 0.25) is 5.91 Å². The lowest BCUT2D eigenvalue weighted by molar-refractivity contribution is -0.155. The minimum absolute atomic E-state index is 0.0317. The van der Waals surface area contributed by atoms with Crippen molar-refractivity contribution in [2.24, 2.45) is 0 Å². The van der Waals surface area contributed by atoms with Crippen molar-refractivity contribution in [3.63, 3.8) is 0 Å². The molecule has 0 fully saturated rings. The van der Waals surface area contributed by atoms with E-state index in [1.165, 1.54) is 0 Å². The summed E-state index contributed by atoms with van der Waals surface area (Å²) in [5.74, 6) is -3.39. The number of nitrogens with one attached hydrogen (secondary N) is 1. The molecular formula is C14H23NO7. The topological polar surface area (TPSA) is 130 Å². The van der Waals surface area contributed by atoms with Gasteiger partial charge in [0.05, 0.1) is 0 Å². The summed E-state index contributed by atoms with van der Waals surface area (Å²) in [7, 11) is 0. The molecule has 8 heteroatoms. The van der Waals surface area contributed by atoms with Crippen LogP contribution >= 0.6 is 0 Å². The van der Waals surface area contributed by atoms with E-state index in [-0.39, 0.29) is 32.1 Å². The number of amides is 1. The van der Waals surface area contributed by atoms with E-state index in [1.807, 2.05) is 0 Å². The van der Waals surface area contributed by atoms with E-state index in [9.17, 15) is 19.2 Å². The Hall–Kier alpha value is -2.12. The van der Waals surface area contributed by atoms with E-state index in [2.05, 4.69) is 5.32 Å². The second-order valence-electron chi connectivity index (χ2n) is 5.83. The molecule has 0 saturated carbocycles. The van der Waals surface area contributed by atoms with E-state index < -0.39 is 35.5 Å². The predicted molar refractivity (Wildman–Crippen MR) is 76.1 cm³/mol. The molecule has 0 spiro atoms. The molecule has 126 valence electrons. The number of hydrogen-bond donors (Lipinski definition) is 3. The van der Waals surface area contributed by atoms with Crippen LogP contribution in [0.25, 0.3) is 0 Å². The van der Waals surface area contributed by atoms with Gasteiger partial charge in [-0.2, -0.15) is 0 Å². The van der Waals surface area contributed by atoms with Gasteiger partial charge in [-0.25, -0.2) is 4.79 Å². The molecule has 0 heterocycles. The van der Waals surface area contributed by atoms with Crippen LogP contribution in [0.5, 0.6) is 0 Å². The molecule has 0 rings (SSSR count). The SMILES string of the molecule is CC(C)(C)OC(=O)CCCC(=O)N[C@H](CCC(=O)O)C(=O)O. The fraction of sp³-hybridized carbons (Fsp3) is 0.714. The van der Waals surface area contributed by atoms with Crippen LogP contribution in [-0.2, 0) is 23.9 Å². The van der Waals surface area contributed by atoms with E-state index in [1.54, 1.807) is 20.8 Å². The Morgan fingerprint density at radius 1 is 1.05 bits per heavy atom. The average molecular weight is 317 g/mol. The zero-order chi connectivity index (χ0) is 17.3. The van der Waals surface area contributed by atoms with Gasteiger partial charge in [-0.1, -0.05) is 0 Å². The molecule has 0 bridgehead atoms. The van der Waals surface area contributed by atoms with Crippen LogP contribution in [0.15, 0.2) is 0 Å². The summed E-state index contributed by atoms with van der Waals surface area (Å²) in [5, 5.41) is 19.7. The van der Waals surface area contributed by atoms with Gasteiger partial charge in [-0.15, -0.1) is 0 Å². The highest BCUT2D eigenvalue weighted by Crippen LogP contribution is 2.10. The van der Waals surface area contributed by atoms with Gasteiger partial charge in [0.25, 0.3) is 0 Å². The highest BCUT2D eigenvalue weighted by Gasteiger charge is 2.21. The highest BCUT2D eigenvalue weighted by atomic mass is 16.6. The molecule has 1 atom stereocenters. The first-order valence-corrected chi connectivity index (χ1v) is 6.97. The van der Waals surface area contributed by atoms with Gasteiger partial charge in [0.1, 0.15) is 11.6 Å². The van der Waals surface area contributed by atoms with Gasteiger partial charge in [0, 0.05) is 19.3 Å². The van der Waals surface area contributed by atoms with Crippen molar-refractivity contribution in [3.8, 4) is 0 Å². The van der Waals surface area contributed by atoms with Crippen LogP contribution in [0.2, 0.25) is 0 Å². The summed E-state index contributed by atoms with van der Waals surface area (Å²) in [4.78, 5) is 44.4. The number of carboxylic acid groups (broad SMARTS) is 2. The first-order chi connectivity index (χ1) is 10.0. The van der Waals surface area contributed by atoms with Crippen molar-refractivity contribution in [1.82, 2.24) is 5.32 Å². The Balaban J connectivity index is 4.12. The lowest BCUT2D eigenvalue weighted by Crippen LogP contribution is -2.41. The first kappa shape index (κ1) is 19.9. The summed E-state index contributed by atoms with van der Waals surface area (Å²) in [6.45, 7) is 5.20. The zero-order valence-electron chi connectivity index (χ0n) is 13.0. The summed E-state index contributed by atoms with van der Waals surface area (Å²) in [5.41, 5.74) is -0.593. The third kappa shape index (κ3) is 10.6. The zero-order valence-corrected chi connectivity index (χ0v) is 13.0. The van der Waals surface area contributed by atoms with Gasteiger partial charge in [0.15, 0.2) is 0 Å². The van der Waals surface area contributed by atoms with Crippen molar-refractivity contribution in [2.45, 2.75) is 64.5 Å². The van der Waals surface area contributed by atoms with Gasteiger partial charge >= 0.3 is 17.9 Å². The number of rotatable bonds is 9. The standard InChI is InChI=1S/C14H23NO7/c1-14(2,3)22-12(19)6-4-5-10(16)15-9(13(20)21)7-8-11(17)18/h9H,4-8H2,1-3H3,(H,15,16)(H,17,18)(H,20,21)/t9-/m1/s1. The minimum atomic E-state index is -1.29. The number of carbonyl (C=O) groups is 4. The Morgan fingerprint density at radius 2 is 1.64 bits per heavy atom. The molecule has 0 aliphatic rings. The first-order valence-electron chi connectivity index (χ1n) is 6.97. The Bertz CT molecular complexity index is 425. The van der Waals surface area contributed by atoms with Gasteiger partial charge in [-0.3, -0.25) is 14.4 Å². The Labute approximate surface area is 128 Å².